The van der Waals surface area contributed by atoms with Crippen LogP contribution in [-0.2, 0) is 11.3 Å². The minimum Gasteiger partial charge on any atom is -0.465 e. The Labute approximate surface area is 91.7 Å². The van der Waals surface area contributed by atoms with Crippen LogP contribution in [-0.4, -0.2) is 18.2 Å². The number of hydrogen-bond acceptors (Lipinski definition) is 4. The van der Waals surface area contributed by atoms with Gasteiger partial charge >= 0.3 is 5.97 Å². The van der Waals surface area contributed by atoms with Gasteiger partial charge in [0.2, 0.25) is 0 Å². The highest BCUT2D eigenvalue weighted by atomic mass is 35.5. The number of hydrogen-bond donors (Lipinski definition) is 1. The van der Waals surface area contributed by atoms with E-state index >= 15 is 0 Å². The average Bonchev–Trinajstić information content (AvgIpc) is 2.26. The van der Waals surface area contributed by atoms with Crippen molar-refractivity contribution in [2.24, 2.45) is 0 Å². The van der Waals surface area contributed by atoms with Gasteiger partial charge in [0.15, 0.2) is 0 Å². The van der Waals surface area contributed by atoms with Gasteiger partial charge in [-0.15, -0.1) is 0 Å². The molecule has 15 heavy (non-hydrogen) atoms. The van der Waals surface area contributed by atoms with Crippen LogP contribution >= 0.6 is 11.6 Å². The van der Waals surface area contributed by atoms with E-state index < -0.39 is 5.97 Å². The van der Waals surface area contributed by atoms with Crippen LogP contribution < -0.4 is 0 Å². The summed E-state index contributed by atoms with van der Waals surface area (Å²) in [6.07, 6.45) is 0. The summed E-state index contributed by atoms with van der Waals surface area (Å²) < 4.78 is 4.50. The predicted octanol–water partition coefficient (Wildman–Crippen LogP) is 1.49. The van der Waals surface area contributed by atoms with Crippen molar-refractivity contribution in [2.75, 3.05) is 7.11 Å². The molecular weight excluding hydrogens is 218 g/mol. The summed E-state index contributed by atoms with van der Waals surface area (Å²) in [7, 11) is 1.21. The number of carbonyl (C=O) groups excluding carboxylic acids is 1. The third kappa shape index (κ3) is 2.27. The number of methoxy groups -OCH3 is 1. The number of nitriles is 1. The number of aliphatic hydroxyl groups excluding tert-OH is 1. The summed E-state index contributed by atoms with van der Waals surface area (Å²) in [5, 5.41) is 18.1. The summed E-state index contributed by atoms with van der Waals surface area (Å²) in [5.74, 6) is -0.649. The fourth-order valence-corrected chi connectivity index (χ4v) is 1.43. The van der Waals surface area contributed by atoms with E-state index in [1.165, 1.54) is 19.2 Å². The van der Waals surface area contributed by atoms with Crippen molar-refractivity contribution in [1.29, 1.82) is 5.26 Å². The van der Waals surface area contributed by atoms with E-state index in [9.17, 15) is 4.79 Å². The van der Waals surface area contributed by atoms with E-state index in [-0.39, 0.29) is 22.8 Å². The van der Waals surface area contributed by atoms with Gasteiger partial charge in [0, 0.05) is 5.02 Å². The molecule has 0 spiro atoms. The number of rotatable bonds is 2. The summed E-state index contributed by atoms with van der Waals surface area (Å²) in [6.45, 7) is -0.354. The number of halogens is 1. The van der Waals surface area contributed by atoms with E-state index in [2.05, 4.69) is 4.74 Å². The third-order valence-electron chi connectivity index (χ3n) is 1.87. The van der Waals surface area contributed by atoms with Gasteiger partial charge in [-0.1, -0.05) is 11.6 Å². The maximum absolute atomic E-state index is 11.3. The molecule has 0 fully saturated rings. The molecular formula is C10H8ClNO3. The van der Waals surface area contributed by atoms with Gasteiger partial charge in [-0.05, 0) is 17.7 Å². The molecule has 0 amide bonds. The largest absolute Gasteiger partial charge is 0.465 e. The Hall–Kier alpha value is -1.57. The lowest BCUT2D eigenvalue weighted by Gasteiger charge is -2.06. The van der Waals surface area contributed by atoms with Crippen molar-refractivity contribution in [2.45, 2.75) is 6.61 Å². The maximum Gasteiger partial charge on any atom is 0.339 e. The molecule has 1 rings (SSSR count). The van der Waals surface area contributed by atoms with Crippen LogP contribution in [0.25, 0.3) is 0 Å². The van der Waals surface area contributed by atoms with Crippen molar-refractivity contribution >= 4 is 17.6 Å². The number of benzene rings is 1. The average molecular weight is 226 g/mol. The van der Waals surface area contributed by atoms with Crippen molar-refractivity contribution in [3.63, 3.8) is 0 Å². The highest BCUT2D eigenvalue weighted by Crippen LogP contribution is 2.21. The molecule has 1 N–H and O–H groups in total. The van der Waals surface area contributed by atoms with E-state index in [0.717, 1.165) is 0 Å². The lowest BCUT2D eigenvalue weighted by Crippen LogP contribution is -2.06. The molecule has 4 nitrogen and oxygen atoms in total. The zero-order valence-corrected chi connectivity index (χ0v) is 8.71. The van der Waals surface area contributed by atoms with Crippen molar-refractivity contribution in [3.8, 4) is 6.07 Å². The van der Waals surface area contributed by atoms with Gasteiger partial charge in [0.1, 0.15) is 6.07 Å². The first-order valence-electron chi connectivity index (χ1n) is 4.05. The first-order chi connectivity index (χ1) is 7.13. The Morgan fingerprint density at radius 3 is 2.80 bits per heavy atom. The molecule has 0 radical (unpaired) electrons. The minimum atomic E-state index is -0.649. The molecule has 1 aromatic rings. The van der Waals surface area contributed by atoms with E-state index in [1.54, 1.807) is 0 Å². The Kier molecular flexibility index (Phi) is 3.67. The van der Waals surface area contributed by atoms with E-state index in [0.29, 0.717) is 5.56 Å². The molecule has 0 saturated carbocycles. The van der Waals surface area contributed by atoms with Gasteiger partial charge in [0.25, 0.3) is 0 Å². The normalized spacial score (nSPS) is 9.47. The fraction of sp³-hybridized carbons (Fsp3) is 0.200. The first-order valence-corrected chi connectivity index (χ1v) is 4.43. The monoisotopic (exact) mass is 225 g/mol. The van der Waals surface area contributed by atoms with E-state index in [1.807, 2.05) is 6.07 Å². The highest BCUT2D eigenvalue weighted by Gasteiger charge is 2.16. The number of nitrogens with zero attached hydrogens (tertiary/aromatic N) is 1. The smallest absolute Gasteiger partial charge is 0.339 e. The molecule has 0 aromatic heterocycles. The third-order valence-corrected chi connectivity index (χ3v) is 2.09. The molecule has 0 aliphatic heterocycles. The number of ether oxygens (including phenoxy) is 1. The van der Waals surface area contributed by atoms with Gasteiger partial charge in [-0.3, -0.25) is 0 Å². The van der Waals surface area contributed by atoms with Crippen LogP contribution in [0.5, 0.6) is 0 Å². The zero-order chi connectivity index (χ0) is 11.4. The van der Waals surface area contributed by atoms with Gasteiger partial charge in [-0.2, -0.15) is 5.26 Å². The Bertz CT molecular complexity index is 437. The molecule has 0 unspecified atom stereocenters. The molecule has 0 aliphatic carbocycles. The summed E-state index contributed by atoms with van der Waals surface area (Å²) >= 11 is 5.73. The number of esters is 1. The van der Waals surface area contributed by atoms with Crippen molar-refractivity contribution in [3.05, 3.63) is 33.8 Å². The fourth-order valence-electron chi connectivity index (χ4n) is 1.19. The predicted molar refractivity (Wildman–Crippen MR) is 53.4 cm³/mol. The lowest BCUT2D eigenvalue weighted by molar-refractivity contribution is 0.0600. The maximum atomic E-state index is 11.3. The second-order valence-electron chi connectivity index (χ2n) is 2.75. The zero-order valence-electron chi connectivity index (χ0n) is 7.95. The molecule has 0 saturated heterocycles. The van der Waals surface area contributed by atoms with Crippen molar-refractivity contribution < 1.29 is 14.6 Å². The molecule has 5 heteroatoms. The topological polar surface area (TPSA) is 70.3 Å². The van der Waals surface area contributed by atoms with Gasteiger partial charge in [0.05, 0.1) is 24.8 Å². The number of aliphatic hydroxyl groups is 1. The quantitative estimate of drug-likeness (QED) is 0.775. The first kappa shape index (κ1) is 11.5. The van der Waals surface area contributed by atoms with Crippen LogP contribution in [0, 0.1) is 11.3 Å². The van der Waals surface area contributed by atoms with Crippen LogP contribution in [0.1, 0.15) is 21.5 Å². The Morgan fingerprint density at radius 1 is 1.67 bits per heavy atom. The Morgan fingerprint density at radius 2 is 2.33 bits per heavy atom. The highest BCUT2D eigenvalue weighted by molar-refractivity contribution is 6.31. The lowest BCUT2D eigenvalue weighted by atomic mass is 10.0. The molecule has 0 atom stereocenters. The second-order valence-corrected chi connectivity index (χ2v) is 3.19. The standard InChI is InChI=1S/C10H8ClNO3/c1-15-10(14)8-3-7(11)2-6(5-13)9(8)4-12/h2-3,13H,5H2,1H3. The minimum absolute atomic E-state index is 0.0663. The van der Waals surface area contributed by atoms with Gasteiger partial charge < -0.3 is 9.84 Å². The van der Waals surface area contributed by atoms with Gasteiger partial charge in [-0.25, -0.2) is 4.79 Å². The molecule has 1 aromatic carbocycles. The molecule has 0 bridgehead atoms. The van der Waals surface area contributed by atoms with Crippen molar-refractivity contribution in [1.82, 2.24) is 0 Å². The van der Waals surface area contributed by atoms with Crippen LogP contribution in [0.4, 0.5) is 0 Å². The summed E-state index contributed by atoms with van der Waals surface area (Å²) in [6, 6.07) is 4.61. The van der Waals surface area contributed by atoms with Crippen LogP contribution in [0.3, 0.4) is 0 Å². The SMILES string of the molecule is COC(=O)c1cc(Cl)cc(CO)c1C#N. The summed E-state index contributed by atoms with van der Waals surface area (Å²) in [5.41, 5.74) is 0.468. The number of carbonyl (C=O) groups is 1. The summed E-state index contributed by atoms with van der Waals surface area (Å²) in [4.78, 5) is 11.3. The van der Waals surface area contributed by atoms with Crippen LogP contribution in [0.2, 0.25) is 5.02 Å². The molecule has 0 heterocycles. The molecule has 0 aliphatic rings. The Balaban J connectivity index is 3.43. The molecule has 78 valence electrons. The van der Waals surface area contributed by atoms with Crippen LogP contribution in [0.15, 0.2) is 12.1 Å². The van der Waals surface area contributed by atoms with E-state index in [4.69, 9.17) is 22.0 Å². The second kappa shape index (κ2) is 4.78.